The fourth-order valence-electron chi connectivity index (χ4n) is 3.10. The second-order valence-corrected chi connectivity index (χ2v) is 6.80. The predicted molar refractivity (Wildman–Crippen MR) is 103 cm³/mol. The second-order valence-electron chi connectivity index (χ2n) is 6.80. The van der Waals surface area contributed by atoms with E-state index in [2.05, 4.69) is 5.32 Å². The summed E-state index contributed by atoms with van der Waals surface area (Å²) >= 11 is 0. The molecular formula is C21H24N2O3. The lowest BCUT2D eigenvalue weighted by Crippen LogP contribution is -2.24. The maximum Gasteiger partial charge on any atom is 0.255 e. The van der Waals surface area contributed by atoms with E-state index >= 15 is 0 Å². The normalized spacial score (nSPS) is 14.0. The van der Waals surface area contributed by atoms with Crippen LogP contribution >= 0.6 is 0 Å². The molecule has 1 aliphatic rings. The van der Waals surface area contributed by atoms with E-state index in [-0.39, 0.29) is 17.9 Å². The molecule has 0 aromatic heterocycles. The van der Waals surface area contributed by atoms with E-state index < -0.39 is 0 Å². The van der Waals surface area contributed by atoms with Gasteiger partial charge in [-0.05, 0) is 75.2 Å². The lowest BCUT2D eigenvalue weighted by atomic mass is 10.1. The van der Waals surface area contributed by atoms with Gasteiger partial charge in [0.1, 0.15) is 5.75 Å². The van der Waals surface area contributed by atoms with Crippen molar-refractivity contribution in [3.8, 4) is 5.75 Å². The summed E-state index contributed by atoms with van der Waals surface area (Å²) in [4.78, 5) is 26.2. The van der Waals surface area contributed by atoms with Crippen LogP contribution in [0, 0.1) is 6.92 Å². The van der Waals surface area contributed by atoms with Crippen molar-refractivity contribution in [1.29, 1.82) is 0 Å². The first-order chi connectivity index (χ1) is 12.4. The highest BCUT2D eigenvalue weighted by Gasteiger charge is 2.23. The van der Waals surface area contributed by atoms with Crippen molar-refractivity contribution in [2.24, 2.45) is 0 Å². The molecule has 1 N–H and O–H groups in total. The van der Waals surface area contributed by atoms with Crippen molar-refractivity contribution in [2.75, 3.05) is 16.8 Å². The molecule has 2 amide bonds. The molecule has 5 nitrogen and oxygen atoms in total. The first-order valence-corrected chi connectivity index (χ1v) is 8.93. The van der Waals surface area contributed by atoms with E-state index in [9.17, 15) is 9.59 Å². The molecule has 0 atom stereocenters. The Morgan fingerprint density at radius 2 is 1.88 bits per heavy atom. The van der Waals surface area contributed by atoms with Crippen molar-refractivity contribution < 1.29 is 14.3 Å². The van der Waals surface area contributed by atoms with Crippen LogP contribution in [0.5, 0.6) is 5.75 Å². The van der Waals surface area contributed by atoms with Gasteiger partial charge in [-0.25, -0.2) is 0 Å². The number of carbonyl (C=O) groups is 2. The van der Waals surface area contributed by atoms with E-state index in [4.69, 9.17) is 4.74 Å². The fraction of sp³-hybridized carbons (Fsp3) is 0.333. The van der Waals surface area contributed by atoms with Crippen molar-refractivity contribution in [3.63, 3.8) is 0 Å². The molecule has 0 spiro atoms. The van der Waals surface area contributed by atoms with E-state index in [1.54, 1.807) is 24.3 Å². The summed E-state index contributed by atoms with van der Waals surface area (Å²) in [6, 6.07) is 12.7. The number of carbonyl (C=O) groups excluding carboxylic acids is 2. The van der Waals surface area contributed by atoms with Crippen LogP contribution in [0.1, 0.15) is 42.6 Å². The number of hydrogen-bond acceptors (Lipinski definition) is 3. The van der Waals surface area contributed by atoms with Crippen molar-refractivity contribution >= 4 is 23.2 Å². The summed E-state index contributed by atoms with van der Waals surface area (Å²) in [5.41, 5.74) is 3.17. The van der Waals surface area contributed by atoms with Gasteiger partial charge in [0.15, 0.2) is 0 Å². The smallest absolute Gasteiger partial charge is 0.255 e. The average Bonchev–Trinajstić information content (AvgIpc) is 3.01. The molecule has 1 saturated heterocycles. The van der Waals surface area contributed by atoms with E-state index in [0.29, 0.717) is 17.7 Å². The van der Waals surface area contributed by atoms with E-state index in [0.717, 1.165) is 30.0 Å². The Kier molecular flexibility index (Phi) is 5.26. The fourth-order valence-corrected chi connectivity index (χ4v) is 3.10. The zero-order valence-corrected chi connectivity index (χ0v) is 15.4. The molecule has 136 valence electrons. The lowest BCUT2D eigenvalue weighted by Gasteiger charge is -2.19. The van der Waals surface area contributed by atoms with Gasteiger partial charge in [0.25, 0.3) is 5.91 Å². The topological polar surface area (TPSA) is 58.6 Å². The summed E-state index contributed by atoms with van der Waals surface area (Å²) in [5, 5.41) is 2.91. The van der Waals surface area contributed by atoms with Gasteiger partial charge in [0.05, 0.1) is 6.10 Å². The van der Waals surface area contributed by atoms with Gasteiger partial charge in [-0.15, -0.1) is 0 Å². The van der Waals surface area contributed by atoms with Gasteiger partial charge in [-0.3, -0.25) is 9.59 Å². The quantitative estimate of drug-likeness (QED) is 0.879. The molecule has 1 fully saturated rings. The average molecular weight is 352 g/mol. The number of anilines is 2. The van der Waals surface area contributed by atoms with Crippen LogP contribution in [-0.4, -0.2) is 24.5 Å². The van der Waals surface area contributed by atoms with Crippen LogP contribution in [0.3, 0.4) is 0 Å². The standard InChI is InChI=1S/C21H24N2O3/c1-14(2)26-18-9-6-16(7-10-18)21(25)22-17-8-11-19(15(3)13-17)23-12-4-5-20(23)24/h6-11,13-14H,4-5,12H2,1-3H3,(H,22,25). The SMILES string of the molecule is Cc1cc(NC(=O)c2ccc(OC(C)C)cc2)ccc1N1CCCC1=O. The molecule has 0 bridgehead atoms. The van der Waals surface area contributed by atoms with Crippen molar-refractivity contribution in [1.82, 2.24) is 0 Å². The number of benzene rings is 2. The first-order valence-electron chi connectivity index (χ1n) is 8.93. The summed E-state index contributed by atoms with van der Waals surface area (Å²) in [6.07, 6.45) is 1.60. The van der Waals surface area contributed by atoms with E-state index in [1.165, 1.54) is 0 Å². The maximum atomic E-state index is 12.4. The predicted octanol–water partition coefficient (Wildman–Crippen LogP) is 4.16. The van der Waals surface area contributed by atoms with E-state index in [1.807, 2.05) is 43.9 Å². The highest BCUT2D eigenvalue weighted by atomic mass is 16.5. The van der Waals surface area contributed by atoms with Gasteiger partial charge in [0, 0.05) is 29.9 Å². The number of rotatable bonds is 5. The van der Waals surface area contributed by atoms with Crippen molar-refractivity contribution in [2.45, 2.75) is 39.7 Å². The largest absolute Gasteiger partial charge is 0.491 e. The zero-order valence-electron chi connectivity index (χ0n) is 15.4. The summed E-state index contributed by atoms with van der Waals surface area (Å²) in [6.45, 7) is 6.63. The molecule has 3 rings (SSSR count). The highest BCUT2D eigenvalue weighted by Crippen LogP contribution is 2.27. The molecule has 0 aliphatic carbocycles. The summed E-state index contributed by atoms with van der Waals surface area (Å²) in [5.74, 6) is 0.728. The summed E-state index contributed by atoms with van der Waals surface area (Å²) in [7, 11) is 0. The Balaban J connectivity index is 1.69. The molecule has 2 aromatic carbocycles. The number of nitrogens with zero attached hydrogens (tertiary/aromatic N) is 1. The number of ether oxygens (including phenoxy) is 1. The minimum atomic E-state index is -0.175. The minimum absolute atomic E-state index is 0.0960. The first kappa shape index (κ1) is 18.0. The van der Waals surface area contributed by atoms with Crippen LogP contribution in [0.15, 0.2) is 42.5 Å². The number of hydrogen-bond donors (Lipinski definition) is 1. The minimum Gasteiger partial charge on any atom is -0.491 e. The Hall–Kier alpha value is -2.82. The molecule has 0 unspecified atom stereocenters. The molecule has 5 heteroatoms. The Labute approximate surface area is 154 Å². The van der Waals surface area contributed by atoms with Gasteiger partial charge in [-0.1, -0.05) is 0 Å². The van der Waals surface area contributed by atoms with Gasteiger partial charge < -0.3 is 15.0 Å². The molecule has 0 radical (unpaired) electrons. The lowest BCUT2D eigenvalue weighted by molar-refractivity contribution is -0.117. The Bertz CT molecular complexity index is 813. The number of amides is 2. The molecule has 0 saturated carbocycles. The van der Waals surface area contributed by atoms with Crippen LogP contribution in [0.25, 0.3) is 0 Å². The van der Waals surface area contributed by atoms with Gasteiger partial charge in [0.2, 0.25) is 5.91 Å². The second kappa shape index (κ2) is 7.60. The molecule has 1 aliphatic heterocycles. The Morgan fingerprint density at radius 1 is 1.15 bits per heavy atom. The zero-order chi connectivity index (χ0) is 18.7. The molecule has 2 aromatic rings. The van der Waals surface area contributed by atoms with Crippen molar-refractivity contribution in [3.05, 3.63) is 53.6 Å². The van der Waals surface area contributed by atoms with Gasteiger partial charge in [-0.2, -0.15) is 0 Å². The summed E-state index contributed by atoms with van der Waals surface area (Å²) < 4.78 is 5.59. The third kappa shape index (κ3) is 4.04. The third-order valence-corrected chi connectivity index (χ3v) is 4.31. The number of nitrogens with one attached hydrogen (secondary N) is 1. The Morgan fingerprint density at radius 3 is 2.46 bits per heavy atom. The number of aryl methyl sites for hydroxylation is 1. The van der Waals surface area contributed by atoms with Gasteiger partial charge >= 0.3 is 0 Å². The third-order valence-electron chi connectivity index (χ3n) is 4.31. The molecule has 26 heavy (non-hydrogen) atoms. The highest BCUT2D eigenvalue weighted by molar-refractivity contribution is 6.04. The van der Waals surface area contributed by atoms with Crippen LogP contribution < -0.4 is 15.0 Å². The molecular weight excluding hydrogens is 328 g/mol. The van der Waals surface area contributed by atoms with Crippen LogP contribution in [0.4, 0.5) is 11.4 Å². The van der Waals surface area contributed by atoms with Crippen LogP contribution in [0.2, 0.25) is 0 Å². The monoisotopic (exact) mass is 352 g/mol. The maximum absolute atomic E-state index is 12.4. The van der Waals surface area contributed by atoms with Crippen LogP contribution in [-0.2, 0) is 4.79 Å². The molecule has 1 heterocycles.